The van der Waals surface area contributed by atoms with E-state index in [0.717, 1.165) is 0 Å². The summed E-state index contributed by atoms with van der Waals surface area (Å²) in [5.41, 5.74) is -3.24. The first-order valence-electron chi connectivity index (χ1n) is 5.58. The Morgan fingerprint density at radius 1 is 1.40 bits per heavy atom. The fraction of sp³-hybridized carbons (Fsp3) is 0.333. The molecule has 0 spiro atoms. The molecule has 1 aromatic carbocycles. The maximum atomic E-state index is 13.0. The molecule has 0 bridgehead atoms. The third kappa shape index (κ3) is 2.45. The number of carbonyl (C=O) groups excluding carboxylic acids is 1. The van der Waals surface area contributed by atoms with Crippen molar-refractivity contribution in [3.05, 3.63) is 34.3 Å². The van der Waals surface area contributed by atoms with E-state index < -0.39 is 24.2 Å². The van der Waals surface area contributed by atoms with Crippen LogP contribution in [0.2, 0.25) is 0 Å². The smallest absolute Gasteiger partial charge is 0.362 e. The van der Waals surface area contributed by atoms with Crippen molar-refractivity contribution in [2.75, 3.05) is 0 Å². The van der Waals surface area contributed by atoms with E-state index in [1.807, 2.05) is 0 Å². The number of alkyl halides is 3. The number of nitrogens with zero attached hydrogens (tertiary/aromatic N) is 2. The fourth-order valence-electron chi connectivity index (χ4n) is 1.87. The molecule has 4 nitrogen and oxygen atoms in total. The lowest BCUT2D eigenvalue weighted by molar-refractivity contribution is -0.297. The number of aliphatic hydroxyl groups is 1. The maximum absolute atomic E-state index is 13.0. The SMILES string of the molecule is CC1=NN(C(=O)c2ccc(Br)cc2)[C@@](O)(C(F)(F)F)C1. The normalized spacial score (nSPS) is 22.9. The van der Waals surface area contributed by atoms with Gasteiger partial charge in [0.2, 0.25) is 0 Å². The van der Waals surface area contributed by atoms with Crippen LogP contribution in [-0.2, 0) is 0 Å². The van der Waals surface area contributed by atoms with Gasteiger partial charge >= 0.3 is 6.18 Å². The molecule has 0 aromatic heterocycles. The molecule has 1 heterocycles. The highest BCUT2D eigenvalue weighted by atomic mass is 79.9. The number of benzene rings is 1. The highest BCUT2D eigenvalue weighted by Crippen LogP contribution is 2.40. The number of halogens is 4. The van der Waals surface area contributed by atoms with E-state index in [2.05, 4.69) is 21.0 Å². The van der Waals surface area contributed by atoms with Gasteiger partial charge in [-0.15, -0.1) is 0 Å². The lowest BCUT2D eigenvalue weighted by Crippen LogP contribution is -2.56. The van der Waals surface area contributed by atoms with E-state index in [0.29, 0.717) is 4.47 Å². The quantitative estimate of drug-likeness (QED) is 0.846. The molecule has 0 saturated carbocycles. The van der Waals surface area contributed by atoms with Crippen molar-refractivity contribution in [3.8, 4) is 0 Å². The molecule has 0 aliphatic carbocycles. The van der Waals surface area contributed by atoms with Gasteiger partial charge in [-0.2, -0.15) is 23.3 Å². The number of carbonyl (C=O) groups is 1. The minimum Gasteiger partial charge on any atom is -0.362 e. The van der Waals surface area contributed by atoms with Gasteiger partial charge in [0.25, 0.3) is 11.6 Å². The van der Waals surface area contributed by atoms with E-state index in [9.17, 15) is 23.1 Å². The number of hydrazone groups is 1. The Morgan fingerprint density at radius 3 is 2.45 bits per heavy atom. The standard InChI is InChI=1S/C12H10BrF3N2O2/c1-7-6-11(20,12(14,15)16)18(17-7)10(19)8-2-4-9(13)5-3-8/h2-5,20H,6H2,1H3/t11-/m0/s1. The second kappa shape index (κ2) is 4.85. The summed E-state index contributed by atoms with van der Waals surface area (Å²) in [4.78, 5) is 12.1. The van der Waals surface area contributed by atoms with Crippen LogP contribution >= 0.6 is 15.9 Å². The zero-order valence-electron chi connectivity index (χ0n) is 10.3. The van der Waals surface area contributed by atoms with Gasteiger partial charge in [-0.05, 0) is 31.2 Å². The molecule has 108 valence electrons. The highest BCUT2D eigenvalue weighted by Gasteiger charge is 2.62. The van der Waals surface area contributed by atoms with Crippen molar-refractivity contribution >= 4 is 27.5 Å². The summed E-state index contributed by atoms with van der Waals surface area (Å²) in [6.07, 6.45) is -5.74. The van der Waals surface area contributed by atoms with Crippen molar-refractivity contribution in [2.45, 2.75) is 25.2 Å². The molecule has 1 atom stereocenters. The summed E-state index contributed by atoms with van der Waals surface area (Å²) in [7, 11) is 0. The largest absolute Gasteiger partial charge is 0.438 e. The monoisotopic (exact) mass is 350 g/mol. The third-order valence-corrected chi connectivity index (χ3v) is 3.39. The summed E-state index contributed by atoms with van der Waals surface area (Å²) in [5.74, 6) is -1.01. The van der Waals surface area contributed by atoms with Crippen molar-refractivity contribution in [1.82, 2.24) is 5.01 Å². The molecule has 0 fully saturated rings. The Bertz CT molecular complexity index is 571. The highest BCUT2D eigenvalue weighted by molar-refractivity contribution is 9.10. The Labute approximate surface area is 121 Å². The molecule has 8 heteroatoms. The van der Waals surface area contributed by atoms with E-state index >= 15 is 0 Å². The van der Waals surface area contributed by atoms with Gasteiger partial charge in [-0.1, -0.05) is 15.9 Å². The van der Waals surface area contributed by atoms with Crippen molar-refractivity contribution < 1.29 is 23.1 Å². The molecule has 1 aliphatic rings. The molecule has 0 unspecified atom stereocenters. The maximum Gasteiger partial charge on any atom is 0.438 e. The molecule has 1 aliphatic heterocycles. The van der Waals surface area contributed by atoms with Gasteiger partial charge in [0, 0.05) is 22.2 Å². The van der Waals surface area contributed by atoms with Crippen LogP contribution in [0.4, 0.5) is 13.2 Å². The minimum absolute atomic E-state index is 0.00863. The Kier molecular flexibility index (Phi) is 3.64. The number of amides is 1. The molecule has 20 heavy (non-hydrogen) atoms. The van der Waals surface area contributed by atoms with E-state index in [1.165, 1.54) is 31.2 Å². The molecule has 0 saturated heterocycles. The summed E-state index contributed by atoms with van der Waals surface area (Å²) in [5, 5.41) is 13.4. The fourth-order valence-corrected chi connectivity index (χ4v) is 2.13. The van der Waals surface area contributed by atoms with Crippen molar-refractivity contribution in [3.63, 3.8) is 0 Å². The van der Waals surface area contributed by atoms with Gasteiger partial charge in [0.1, 0.15) is 0 Å². The van der Waals surface area contributed by atoms with E-state index in [4.69, 9.17) is 0 Å². The van der Waals surface area contributed by atoms with Crippen LogP contribution in [0.1, 0.15) is 23.7 Å². The first-order chi connectivity index (χ1) is 9.15. The lowest BCUT2D eigenvalue weighted by Gasteiger charge is -2.32. The number of hydrogen-bond donors (Lipinski definition) is 1. The van der Waals surface area contributed by atoms with Crippen LogP contribution in [0.25, 0.3) is 0 Å². The van der Waals surface area contributed by atoms with Crippen molar-refractivity contribution in [2.24, 2.45) is 5.10 Å². The zero-order valence-corrected chi connectivity index (χ0v) is 11.9. The molecule has 1 amide bonds. The average Bonchev–Trinajstić information content (AvgIpc) is 2.65. The van der Waals surface area contributed by atoms with Gasteiger partial charge < -0.3 is 5.11 Å². The first kappa shape index (κ1) is 15.0. The van der Waals surface area contributed by atoms with Gasteiger partial charge in [0.05, 0.1) is 0 Å². The summed E-state index contributed by atoms with van der Waals surface area (Å²) < 4.78 is 39.6. The Morgan fingerprint density at radius 2 is 1.95 bits per heavy atom. The topological polar surface area (TPSA) is 52.9 Å². The van der Waals surface area contributed by atoms with E-state index in [-0.39, 0.29) is 16.3 Å². The Balaban J connectivity index is 2.39. The van der Waals surface area contributed by atoms with Crippen molar-refractivity contribution in [1.29, 1.82) is 0 Å². The Hall–Kier alpha value is -1.41. The molecular formula is C12H10BrF3N2O2. The second-order valence-electron chi connectivity index (χ2n) is 4.45. The third-order valence-electron chi connectivity index (χ3n) is 2.86. The first-order valence-corrected chi connectivity index (χ1v) is 6.38. The van der Waals surface area contributed by atoms with E-state index in [1.54, 1.807) is 0 Å². The molecular weight excluding hydrogens is 341 g/mol. The van der Waals surface area contributed by atoms with Crippen LogP contribution in [0, 0.1) is 0 Å². The number of hydrogen-bond acceptors (Lipinski definition) is 3. The van der Waals surface area contributed by atoms with Crippen LogP contribution < -0.4 is 0 Å². The zero-order chi connectivity index (χ0) is 15.1. The van der Waals surface area contributed by atoms with Crippen LogP contribution in [-0.4, -0.2) is 33.6 Å². The summed E-state index contributed by atoms with van der Waals surface area (Å²) >= 11 is 3.16. The predicted molar refractivity (Wildman–Crippen MR) is 69.0 cm³/mol. The molecule has 0 radical (unpaired) electrons. The van der Waals surface area contributed by atoms with Crippen LogP contribution in [0.3, 0.4) is 0 Å². The summed E-state index contributed by atoms with van der Waals surface area (Å²) in [6, 6.07) is 5.75. The minimum atomic E-state index is -4.99. The predicted octanol–water partition coefficient (Wildman–Crippen LogP) is 2.92. The number of rotatable bonds is 1. The van der Waals surface area contributed by atoms with Gasteiger partial charge in [-0.25, -0.2) is 0 Å². The van der Waals surface area contributed by atoms with Crippen LogP contribution in [0.5, 0.6) is 0 Å². The van der Waals surface area contributed by atoms with Gasteiger partial charge in [-0.3, -0.25) is 4.79 Å². The molecule has 2 rings (SSSR count). The van der Waals surface area contributed by atoms with Gasteiger partial charge in [0.15, 0.2) is 0 Å². The molecule has 1 N–H and O–H groups in total. The lowest BCUT2D eigenvalue weighted by atomic mass is 10.1. The van der Waals surface area contributed by atoms with Crippen LogP contribution in [0.15, 0.2) is 33.8 Å². The summed E-state index contributed by atoms with van der Waals surface area (Å²) in [6.45, 7) is 1.32. The average molecular weight is 351 g/mol. The molecule has 1 aromatic rings. The second-order valence-corrected chi connectivity index (χ2v) is 5.37.